The predicted molar refractivity (Wildman–Crippen MR) is 104 cm³/mol. The van der Waals surface area contributed by atoms with E-state index in [9.17, 15) is 13.2 Å². The van der Waals surface area contributed by atoms with Crippen molar-refractivity contribution in [3.63, 3.8) is 0 Å². The van der Waals surface area contributed by atoms with Gasteiger partial charge in [-0.3, -0.25) is 4.79 Å². The summed E-state index contributed by atoms with van der Waals surface area (Å²) < 4.78 is 22.6. The number of carbonyl (C=O) groups is 1. The van der Waals surface area contributed by atoms with Gasteiger partial charge in [0.1, 0.15) is 5.37 Å². The van der Waals surface area contributed by atoms with Crippen molar-refractivity contribution in [3.05, 3.63) is 65.2 Å². The molecule has 5 nitrogen and oxygen atoms in total. The number of thioether (sulfide) groups is 1. The van der Waals surface area contributed by atoms with E-state index in [1.165, 1.54) is 17.7 Å². The molecule has 1 aliphatic heterocycles. The number of amides is 1. The average Bonchev–Trinajstić information content (AvgIpc) is 3.00. The first kappa shape index (κ1) is 18.9. The highest BCUT2D eigenvalue weighted by molar-refractivity contribution is 8.00. The normalized spacial score (nSPS) is 17.7. The molecular weight excluding hydrogens is 368 g/mol. The highest BCUT2D eigenvalue weighted by Gasteiger charge is 2.32. The van der Waals surface area contributed by atoms with Crippen LogP contribution in [0.5, 0.6) is 0 Å². The summed E-state index contributed by atoms with van der Waals surface area (Å²) in [7, 11) is -3.68. The summed E-state index contributed by atoms with van der Waals surface area (Å²) in [5.74, 6) is 0.630. The monoisotopic (exact) mass is 390 g/mol. The molecule has 26 heavy (non-hydrogen) atoms. The Morgan fingerprint density at radius 2 is 1.69 bits per heavy atom. The highest BCUT2D eigenvalue weighted by atomic mass is 32.2. The van der Waals surface area contributed by atoms with Gasteiger partial charge >= 0.3 is 0 Å². The van der Waals surface area contributed by atoms with Crippen molar-refractivity contribution in [2.45, 2.75) is 30.0 Å². The molecular formula is C19H22N2O3S2. The van der Waals surface area contributed by atoms with Crippen molar-refractivity contribution in [1.29, 1.82) is 0 Å². The minimum absolute atomic E-state index is 0.0390. The fraction of sp³-hybridized carbons (Fsp3) is 0.316. The number of hydrogen-bond donors (Lipinski definition) is 1. The van der Waals surface area contributed by atoms with E-state index in [0.717, 1.165) is 17.5 Å². The standard InChI is InChI=1S/C19H22N2O3S2/c1-2-14-3-7-16(8-4-14)19-21(18(22)13-25-19)12-11-15-5-9-17(10-6-15)26(20,23)24/h3-10,19H,2,11-13H2,1H3,(H2,20,23,24). The van der Waals surface area contributed by atoms with Crippen LogP contribution in [0.3, 0.4) is 0 Å². The molecule has 2 aromatic rings. The van der Waals surface area contributed by atoms with Crippen molar-refractivity contribution in [3.8, 4) is 0 Å². The maximum Gasteiger partial charge on any atom is 0.238 e. The van der Waals surface area contributed by atoms with E-state index in [1.54, 1.807) is 23.9 Å². The Labute approximate surface area is 158 Å². The highest BCUT2D eigenvalue weighted by Crippen LogP contribution is 2.38. The lowest BCUT2D eigenvalue weighted by Crippen LogP contribution is -2.30. The number of rotatable bonds is 6. The quantitative estimate of drug-likeness (QED) is 0.822. The van der Waals surface area contributed by atoms with Crippen LogP contribution < -0.4 is 5.14 Å². The van der Waals surface area contributed by atoms with E-state index in [-0.39, 0.29) is 16.2 Å². The van der Waals surface area contributed by atoms with E-state index >= 15 is 0 Å². The Balaban J connectivity index is 1.69. The molecule has 0 spiro atoms. The lowest BCUT2D eigenvalue weighted by Gasteiger charge is -2.24. The Kier molecular flexibility index (Phi) is 5.70. The van der Waals surface area contributed by atoms with Gasteiger partial charge in [0.2, 0.25) is 15.9 Å². The number of hydrogen-bond acceptors (Lipinski definition) is 4. The van der Waals surface area contributed by atoms with Gasteiger partial charge in [-0.1, -0.05) is 43.3 Å². The smallest absolute Gasteiger partial charge is 0.238 e. The molecule has 0 bridgehead atoms. The number of nitrogens with zero attached hydrogens (tertiary/aromatic N) is 1. The molecule has 1 saturated heterocycles. The van der Waals surface area contributed by atoms with Crippen LogP contribution in [0.15, 0.2) is 53.4 Å². The van der Waals surface area contributed by atoms with Gasteiger partial charge in [-0.25, -0.2) is 13.6 Å². The lowest BCUT2D eigenvalue weighted by atomic mass is 10.1. The first-order valence-electron chi connectivity index (χ1n) is 8.50. The van der Waals surface area contributed by atoms with Crippen molar-refractivity contribution in [2.75, 3.05) is 12.3 Å². The van der Waals surface area contributed by atoms with Crippen LogP contribution in [-0.2, 0) is 27.7 Å². The third-order valence-electron chi connectivity index (χ3n) is 4.53. The van der Waals surface area contributed by atoms with E-state index in [1.807, 2.05) is 4.90 Å². The van der Waals surface area contributed by atoms with Crippen LogP contribution >= 0.6 is 11.8 Å². The van der Waals surface area contributed by atoms with Crippen LogP contribution in [0.2, 0.25) is 0 Å². The Morgan fingerprint density at radius 1 is 1.08 bits per heavy atom. The van der Waals surface area contributed by atoms with Gasteiger partial charge in [-0.05, 0) is 41.7 Å². The van der Waals surface area contributed by atoms with Crippen LogP contribution in [0.1, 0.15) is 29.0 Å². The average molecular weight is 391 g/mol. The molecule has 7 heteroatoms. The van der Waals surface area contributed by atoms with E-state index < -0.39 is 10.0 Å². The summed E-state index contributed by atoms with van der Waals surface area (Å²) in [5.41, 5.74) is 3.40. The number of benzene rings is 2. The second-order valence-corrected chi connectivity index (χ2v) is 8.91. The topological polar surface area (TPSA) is 80.5 Å². The number of sulfonamides is 1. The molecule has 0 radical (unpaired) electrons. The summed E-state index contributed by atoms with van der Waals surface area (Å²) in [6.07, 6.45) is 1.66. The molecule has 1 amide bonds. The molecule has 1 atom stereocenters. The maximum atomic E-state index is 12.3. The van der Waals surface area contributed by atoms with E-state index in [2.05, 4.69) is 31.2 Å². The van der Waals surface area contributed by atoms with Gasteiger partial charge in [0.25, 0.3) is 0 Å². The zero-order valence-corrected chi connectivity index (χ0v) is 16.2. The summed E-state index contributed by atoms with van der Waals surface area (Å²) in [4.78, 5) is 14.3. The Bertz CT molecular complexity index is 878. The molecule has 0 saturated carbocycles. The molecule has 3 rings (SSSR count). The second kappa shape index (κ2) is 7.82. The summed E-state index contributed by atoms with van der Waals surface area (Å²) in [6, 6.07) is 14.9. The summed E-state index contributed by atoms with van der Waals surface area (Å²) >= 11 is 1.65. The van der Waals surface area contributed by atoms with Gasteiger partial charge in [-0.2, -0.15) is 0 Å². The number of carbonyl (C=O) groups excluding carboxylic acids is 1. The zero-order chi connectivity index (χ0) is 18.7. The SMILES string of the molecule is CCc1ccc(C2SCC(=O)N2CCc2ccc(S(N)(=O)=O)cc2)cc1. The molecule has 1 unspecified atom stereocenters. The van der Waals surface area contributed by atoms with Gasteiger partial charge < -0.3 is 4.90 Å². The van der Waals surface area contributed by atoms with Crippen LogP contribution in [0, 0.1) is 0 Å². The van der Waals surface area contributed by atoms with E-state index in [0.29, 0.717) is 18.7 Å². The fourth-order valence-corrected chi connectivity index (χ4v) is 4.72. The number of nitrogens with two attached hydrogens (primary N) is 1. The summed E-state index contributed by atoms with van der Waals surface area (Å²) in [6.45, 7) is 2.72. The minimum Gasteiger partial charge on any atom is -0.326 e. The Morgan fingerprint density at radius 3 is 2.27 bits per heavy atom. The summed E-state index contributed by atoms with van der Waals surface area (Å²) in [5, 5.41) is 5.16. The zero-order valence-electron chi connectivity index (χ0n) is 14.6. The van der Waals surface area contributed by atoms with Gasteiger partial charge in [0.15, 0.2) is 0 Å². The molecule has 0 aliphatic carbocycles. The lowest BCUT2D eigenvalue weighted by molar-refractivity contribution is -0.128. The van der Waals surface area contributed by atoms with Crippen molar-refractivity contribution in [2.24, 2.45) is 5.14 Å². The predicted octanol–water partition coefficient (Wildman–Crippen LogP) is 2.71. The molecule has 0 aromatic heterocycles. The molecule has 2 aromatic carbocycles. The molecule has 1 aliphatic rings. The maximum absolute atomic E-state index is 12.3. The molecule has 2 N–H and O–H groups in total. The van der Waals surface area contributed by atoms with Gasteiger partial charge in [0.05, 0.1) is 10.6 Å². The largest absolute Gasteiger partial charge is 0.326 e. The second-order valence-electron chi connectivity index (χ2n) is 6.28. The minimum atomic E-state index is -3.68. The van der Waals surface area contributed by atoms with Crippen molar-refractivity contribution in [1.82, 2.24) is 4.90 Å². The first-order valence-corrected chi connectivity index (χ1v) is 11.1. The Hall–Kier alpha value is -1.83. The van der Waals surface area contributed by atoms with Gasteiger partial charge in [0, 0.05) is 6.54 Å². The molecule has 1 fully saturated rings. The van der Waals surface area contributed by atoms with Crippen molar-refractivity contribution >= 4 is 27.7 Å². The third kappa shape index (κ3) is 4.28. The van der Waals surface area contributed by atoms with Crippen molar-refractivity contribution < 1.29 is 13.2 Å². The van der Waals surface area contributed by atoms with E-state index in [4.69, 9.17) is 5.14 Å². The number of aryl methyl sites for hydroxylation is 1. The number of primary sulfonamides is 1. The first-order chi connectivity index (χ1) is 12.4. The van der Waals surface area contributed by atoms with Crippen LogP contribution in [0.4, 0.5) is 0 Å². The molecule has 138 valence electrons. The van der Waals surface area contributed by atoms with Crippen LogP contribution in [-0.4, -0.2) is 31.5 Å². The van der Waals surface area contributed by atoms with Gasteiger partial charge in [-0.15, -0.1) is 11.8 Å². The fourth-order valence-electron chi connectivity index (χ4n) is 2.99. The van der Waals surface area contributed by atoms with Crippen LogP contribution in [0.25, 0.3) is 0 Å². The third-order valence-corrected chi connectivity index (χ3v) is 6.72. The molecule has 1 heterocycles.